The zero-order chi connectivity index (χ0) is 18.5. The molecule has 0 aliphatic heterocycles. The maximum Gasteiger partial charge on any atom is 0.339 e. The van der Waals surface area contributed by atoms with Gasteiger partial charge in [-0.1, -0.05) is 20.4 Å². The number of benzene rings is 1. The van der Waals surface area contributed by atoms with E-state index in [4.69, 9.17) is 4.74 Å². The van der Waals surface area contributed by atoms with Gasteiger partial charge in [0, 0.05) is 12.1 Å². The first kappa shape index (κ1) is 17.1. The number of esters is 1. The minimum absolute atomic E-state index is 0.122. The van der Waals surface area contributed by atoms with E-state index >= 15 is 0 Å². The van der Waals surface area contributed by atoms with Crippen molar-refractivity contribution in [3.05, 3.63) is 56.1 Å². The monoisotopic (exact) mass is 346 g/mol. The van der Waals surface area contributed by atoms with Crippen molar-refractivity contribution in [3.8, 4) is 0 Å². The fraction of sp³-hybridized carbons (Fsp3) is 0.471. The van der Waals surface area contributed by atoms with Crippen LogP contribution in [0.1, 0.15) is 37.0 Å². The van der Waals surface area contributed by atoms with Crippen molar-refractivity contribution in [2.75, 3.05) is 0 Å². The fourth-order valence-corrected chi connectivity index (χ4v) is 3.86. The molecule has 2 fully saturated rings. The molecule has 8 heteroatoms. The number of nitro groups is 2. The Labute approximate surface area is 143 Å². The maximum atomic E-state index is 12.4. The van der Waals surface area contributed by atoms with E-state index in [0.717, 1.165) is 30.2 Å². The van der Waals surface area contributed by atoms with E-state index in [1.807, 2.05) is 0 Å². The molecule has 0 bridgehead atoms. The van der Waals surface area contributed by atoms with E-state index in [1.165, 1.54) is 0 Å². The molecule has 1 aromatic rings. The molecule has 2 aliphatic rings. The predicted octanol–water partition coefficient (Wildman–Crippen LogP) is 3.65. The van der Waals surface area contributed by atoms with Crippen LogP contribution in [-0.4, -0.2) is 21.9 Å². The second-order valence-corrected chi connectivity index (χ2v) is 7.07. The minimum Gasteiger partial charge on any atom is -0.454 e. The first-order chi connectivity index (χ1) is 11.7. The van der Waals surface area contributed by atoms with Crippen LogP contribution in [0, 0.1) is 37.5 Å². The van der Waals surface area contributed by atoms with E-state index in [9.17, 15) is 25.0 Å². The Morgan fingerprint density at radius 3 is 2.20 bits per heavy atom. The van der Waals surface area contributed by atoms with Gasteiger partial charge in [0.15, 0.2) is 0 Å². The van der Waals surface area contributed by atoms with Crippen molar-refractivity contribution >= 4 is 17.3 Å². The van der Waals surface area contributed by atoms with Gasteiger partial charge < -0.3 is 4.74 Å². The number of non-ortho nitro benzene ring substituents is 2. The highest BCUT2D eigenvalue weighted by Crippen LogP contribution is 2.69. The largest absolute Gasteiger partial charge is 0.454 e. The molecule has 3 atom stereocenters. The molecule has 2 aliphatic carbocycles. The Morgan fingerprint density at radius 2 is 1.76 bits per heavy atom. The third-order valence-corrected chi connectivity index (χ3v) is 5.50. The van der Waals surface area contributed by atoms with Gasteiger partial charge in [-0.05, 0) is 35.7 Å². The van der Waals surface area contributed by atoms with E-state index in [-0.39, 0.29) is 11.0 Å². The number of nitrogens with zero attached hydrogens (tertiary/aromatic N) is 2. The lowest BCUT2D eigenvalue weighted by Crippen LogP contribution is -2.21. The Morgan fingerprint density at radius 1 is 1.20 bits per heavy atom. The van der Waals surface area contributed by atoms with Gasteiger partial charge in [0.05, 0.1) is 21.5 Å². The predicted molar refractivity (Wildman–Crippen MR) is 88.1 cm³/mol. The van der Waals surface area contributed by atoms with Crippen LogP contribution >= 0.6 is 0 Å². The van der Waals surface area contributed by atoms with E-state index in [2.05, 4.69) is 20.4 Å². The van der Waals surface area contributed by atoms with Crippen LogP contribution in [0.3, 0.4) is 0 Å². The molecule has 2 saturated carbocycles. The summed E-state index contributed by atoms with van der Waals surface area (Å²) in [7, 11) is 0. The van der Waals surface area contributed by atoms with Crippen LogP contribution in [0.25, 0.3) is 0 Å². The lowest BCUT2D eigenvalue weighted by Gasteiger charge is -2.20. The molecule has 132 valence electrons. The molecule has 0 heterocycles. The van der Waals surface area contributed by atoms with Crippen LogP contribution < -0.4 is 0 Å². The first-order valence-corrected chi connectivity index (χ1v) is 7.99. The highest BCUT2D eigenvalue weighted by atomic mass is 16.6. The van der Waals surface area contributed by atoms with Gasteiger partial charge >= 0.3 is 5.97 Å². The molecule has 0 radical (unpaired) electrons. The Bertz CT molecular complexity index is 770. The molecule has 0 aromatic heterocycles. The molecule has 1 unspecified atom stereocenters. The summed E-state index contributed by atoms with van der Waals surface area (Å²) < 4.78 is 5.47. The van der Waals surface area contributed by atoms with Gasteiger partial charge in [-0.3, -0.25) is 20.2 Å². The number of fused-ring (bicyclic) bond motifs is 1. The van der Waals surface area contributed by atoms with Gasteiger partial charge in [0.1, 0.15) is 6.10 Å². The van der Waals surface area contributed by atoms with Crippen molar-refractivity contribution in [3.63, 3.8) is 0 Å². The average Bonchev–Trinajstić information content (AvgIpc) is 3.22. The number of hydrogen-bond donors (Lipinski definition) is 0. The topological polar surface area (TPSA) is 113 Å². The van der Waals surface area contributed by atoms with Crippen molar-refractivity contribution < 1.29 is 19.4 Å². The summed E-state index contributed by atoms with van der Waals surface area (Å²) >= 11 is 0. The average molecular weight is 346 g/mol. The second kappa shape index (κ2) is 5.65. The molecule has 25 heavy (non-hydrogen) atoms. The molecular formula is C17H18N2O6. The molecule has 0 N–H and O–H groups in total. The minimum atomic E-state index is -0.807. The van der Waals surface area contributed by atoms with Gasteiger partial charge in [-0.15, -0.1) is 0 Å². The molecule has 0 spiro atoms. The highest BCUT2D eigenvalue weighted by Gasteiger charge is 2.64. The summed E-state index contributed by atoms with van der Waals surface area (Å²) in [6.07, 6.45) is 1.27. The summed E-state index contributed by atoms with van der Waals surface area (Å²) in [5, 5.41) is 21.9. The first-order valence-electron chi connectivity index (χ1n) is 7.99. The third-order valence-electron chi connectivity index (χ3n) is 5.50. The van der Waals surface area contributed by atoms with Crippen molar-refractivity contribution in [2.45, 2.75) is 32.8 Å². The van der Waals surface area contributed by atoms with Gasteiger partial charge in [0.25, 0.3) is 11.4 Å². The van der Waals surface area contributed by atoms with E-state index in [0.29, 0.717) is 18.3 Å². The van der Waals surface area contributed by atoms with Crippen LogP contribution in [0.5, 0.6) is 0 Å². The SMILES string of the molecule is C=C1C2C[C@@]2(C(C)C)C[C@H]1OC(=O)c1cc([N+](=O)[O-])cc([N+](=O)[O-])c1. The van der Waals surface area contributed by atoms with Gasteiger partial charge in [-0.25, -0.2) is 4.79 Å². The second-order valence-electron chi connectivity index (χ2n) is 7.07. The summed E-state index contributed by atoms with van der Waals surface area (Å²) in [4.78, 5) is 32.7. The standard InChI is InChI=1S/C17H18N2O6/c1-9(2)17-7-14(17)10(3)15(8-17)25-16(20)11-4-12(18(21)22)6-13(5-11)19(23)24/h4-6,9,14-15H,3,7-8H2,1-2H3/t14?,15-,17+/m1/s1. The van der Waals surface area contributed by atoms with Crippen molar-refractivity contribution in [2.24, 2.45) is 17.3 Å². The summed E-state index contributed by atoms with van der Waals surface area (Å²) in [5.74, 6) is -0.0280. The number of carbonyl (C=O) groups excluding carboxylic acids is 1. The highest BCUT2D eigenvalue weighted by molar-refractivity contribution is 5.91. The van der Waals surface area contributed by atoms with Crippen LogP contribution in [-0.2, 0) is 4.74 Å². The zero-order valence-electron chi connectivity index (χ0n) is 13.9. The van der Waals surface area contributed by atoms with Gasteiger partial charge in [0.2, 0.25) is 0 Å². The Hall–Kier alpha value is -2.77. The Kier molecular flexibility index (Phi) is 3.85. The molecular weight excluding hydrogens is 328 g/mol. The Balaban J connectivity index is 1.81. The number of carbonyl (C=O) groups is 1. The molecule has 3 rings (SSSR count). The number of hydrogen-bond acceptors (Lipinski definition) is 6. The number of nitro benzene ring substituents is 2. The van der Waals surface area contributed by atoms with Crippen LogP contribution in [0.15, 0.2) is 30.4 Å². The maximum absolute atomic E-state index is 12.4. The number of rotatable bonds is 5. The fourth-order valence-electron chi connectivity index (χ4n) is 3.86. The smallest absolute Gasteiger partial charge is 0.339 e. The lowest BCUT2D eigenvalue weighted by molar-refractivity contribution is -0.394. The van der Waals surface area contributed by atoms with E-state index < -0.39 is 33.3 Å². The van der Waals surface area contributed by atoms with E-state index in [1.54, 1.807) is 0 Å². The zero-order valence-corrected chi connectivity index (χ0v) is 13.9. The summed E-state index contributed by atoms with van der Waals surface area (Å²) in [6.45, 7) is 8.28. The van der Waals surface area contributed by atoms with Crippen molar-refractivity contribution in [1.82, 2.24) is 0 Å². The van der Waals surface area contributed by atoms with Crippen LogP contribution in [0.4, 0.5) is 11.4 Å². The normalized spacial score (nSPS) is 27.1. The van der Waals surface area contributed by atoms with Crippen LogP contribution in [0.2, 0.25) is 0 Å². The molecule has 8 nitrogen and oxygen atoms in total. The third kappa shape index (κ3) is 2.77. The van der Waals surface area contributed by atoms with Gasteiger partial charge in [-0.2, -0.15) is 0 Å². The molecule has 0 saturated heterocycles. The lowest BCUT2D eigenvalue weighted by atomic mass is 9.89. The quantitative estimate of drug-likeness (QED) is 0.348. The summed E-state index contributed by atoms with van der Waals surface area (Å²) in [6, 6.07) is 2.80. The molecule has 0 amide bonds. The summed E-state index contributed by atoms with van der Waals surface area (Å²) in [5.41, 5.74) is -0.257. The molecule has 1 aromatic carbocycles. The number of ether oxygens (including phenoxy) is 1. The van der Waals surface area contributed by atoms with Crippen molar-refractivity contribution in [1.29, 1.82) is 0 Å².